The van der Waals surface area contributed by atoms with Crippen LogP contribution in [-0.4, -0.2) is 45.5 Å². The van der Waals surface area contributed by atoms with Crippen molar-refractivity contribution in [3.63, 3.8) is 0 Å². The highest BCUT2D eigenvalue weighted by atomic mass is 16.2. The zero-order valence-corrected chi connectivity index (χ0v) is 18.5. The summed E-state index contributed by atoms with van der Waals surface area (Å²) in [6.07, 6.45) is 9.91. The lowest BCUT2D eigenvalue weighted by atomic mass is 9.95. The molecule has 3 heterocycles. The lowest BCUT2D eigenvalue weighted by Gasteiger charge is -2.27. The Hall–Kier alpha value is -3.15. The minimum absolute atomic E-state index is 0.302. The average Bonchev–Trinajstić information content (AvgIpc) is 3.61. The lowest BCUT2D eigenvalue weighted by molar-refractivity contribution is -0.132. The first kappa shape index (κ1) is 19.8. The van der Waals surface area contributed by atoms with E-state index in [4.69, 9.17) is 0 Å². The summed E-state index contributed by atoms with van der Waals surface area (Å²) in [4.78, 5) is 25.5. The minimum Gasteiger partial charge on any atom is -0.338 e. The van der Waals surface area contributed by atoms with Gasteiger partial charge in [-0.25, -0.2) is 9.97 Å². The molecule has 6 nitrogen and oxygen atoms in total. The number of amides is 1. The molecule has 3 aromatic rings. The molecule has 1 saturated carbocycles. The van der Waals surface area contributed by atoms with E-state index in [1.54, 1.807) is 0 Å². The second-order valence-electron chi connectivity index (χ2n) is 8.68. The summed E-state index contributed by atoms with van der Waals surface area (Å²) in [5.41, 5.74) is 7.06. The number of aromatic nitrogens is 3. The smallest absolute Gasteiger partial charge is 0.225 e. The van der Waals surface area contributed by atoms with E-state index in [1.807, 2.05) is 29.0 Å². The van der Waals surface area contributed by atoms with Gasteiger partial charge in [0.1, 0.15) is 11.3 Å². The van der Waals surface area contributed by atoms with Crippen LogP contribution in [0.1, 0.15) is 37.3 Å². The summed E-state index contributed by atoms with van der Waals surface area (Å²) >= 11 is 0. The van der Waals surface area contributed by atoms with Gasteiger partial charge in [0.25, 0.3) is 0 Å². The summed E-state index contributed by atoms with van der Waals surface area (Å²) in [6, 6.07) is 8.80. The number of hydrogen-bond donors (Lipinski definition) is 0. The molecule has 2 aromatic heterocycles. The molecular formula is C25H29N5O. The molecule has 5 rings (SSSR count). The summed E-state index contributed by atoms with van der Waals surface area (Å²) in [7, 11) is 4.07. The number of aryl methyl sites for hydroxylation is 2. The van der Waals surface area contributed by atoms with Crippen LogP contribution in [0.2, 0.25) is 0 Å². The van der Waals surface area contributed by atoms with Crippen LogP contribution in [0.5, 0.6) is 0 Å². The lowest BCUT2D eigenvalue weighted by Crippen LogP contribution is -2.35. The molecule has 1 aromatic carbocycles. The van der Waals surface area contributed by atoms with Gasteiger partial charge in [-0.3, -0.25) is 4.79 Å². The number of carbonyl (C=O) groups is 1. The normalized spacial score (nSPS) is 16.5. The van der Waals surface area contributed by atoms with Crippen molar-refractivity contribution in [2.75, 3.05) is 25.0 Å². The maximum Gasteiger partial charge on any atom is 0.225 e. The van der Waals surface area contributed by atoms with Crippen LogP contribution in [0.3, 0.4) is 0 Å². The summed E-state index contributed by atoms with van der Waals surface area (Å²) in [6.45, 7) is 3.76. The predicted molar refractivity (Wildman–Crippen MR) is 124 cm³/mol. The molecule has 2 aliphatic rings. The average molecular weight is 416 g/mol. The summed E-state index contributed by atoms with van der Waals surface area (Å²) in [5, 5.41) is 0. The molecule has 1 fully saturated rings. The number of nitrogens with zero attached hydrogens (tertiary/aromatic N) is 5. The Morgan fingerprint density at radius 1 is 1.23 bits per heavy atom. The van der Waals surface area contributed by atoms with Crippen molar-refractivity contribution in [3.05, 3.63) is 54.0 Å². The van der Waals surface area contributed by atoms with Crippen molar-refractivity contribution >= 4 is 34.0 Å². The Morgan fingerprint density at radius 3 is 2.77 bits per heavy atom. The van der Waals surface area contributed by atoms with Gasteiger partial charge in [0.2, 0.25) is 5.91 Å². The fourth-order valence-corrected chi connectivity index (χ4v) is 4.44. The number of fused-ring (bicyclic) bond motifs is 1. The SMILES string of the molecule is CCc1cc(C2=CCN(C(=O)C3CC3)CC2)ccc1N(C)c1cc2c(cn1)ncn2C. The second-order valence-corrected chi connectivity index (χ2v) is 8.68. The van der Waals surface area contributed by atoms with E-state index in [9.17, 15) is 4.79 Å². The molecule has 1 amide bonds. The molecule has 31 heavy (non-hydrogen) atoms. The monoisotopic (exact) mass is 415 g/mol. The number of pyridine rings is 1. The van der Waals surface area contributed by atoms with Gasteiger partial charge in [0, 0.05) is 44.9 Å². The van der Waals surface area contributed by atoms with Gasteiger partial charge in [-0.1, -0.05) is 19.1 Å². The van der Waals surface area contributed by atoms with Crippen molar-refractivity contribution in [3.8, 4) is 0 Å². The number of anilines is 2. The Bertz CT molecular complexity index is 1170. The second kappa shape index (κ2) is 7.84. The van der Waals surface area contributed by atoms with Crippen LogP contribution >= 0.6 is 0 Å². The van der Waals surface area contributed by atoms with Gasteiger partial charge in [-0.2, -0.15) is 0 Å². The van der Waals surface area contributed by atoms with Gasteiger partial charge in [-0.15, -0.1) is 0 Å². The molecule has 1 aliphatic carbocycles. The zero-order valence-electron chi connectivity index (χ0n) is 18.5. The van der Waals surface area contributed by atoms with Crippen molar-refractivity contribution in [2.24, 2.45) is 13.0 Å². The third-order valence-electron chi connectivity index (χ3n) is 6.58. The van der Waals surface area contributed by atoms with Crippen LogP contribution in [0.25, 0.3) is 16.6 Å². The highest BCUT2D eigenvalue weighted by Gasteiger charge is 2.33. The van der Waals surface area contributed by atoms with Crippen molar-refractivity contribution in [2.45, 2.75) is 32.6 Å². The largest absolute Gasteiger partial charge is 0.338 e. The van der Waals surface area contributed by atoms with Gasteiger partial charge >= 0.3 is 0 Å². The van der Waals surface area contributed by atoms with Gasteiger partial charge in [0.15, 0.2) is 0 Å². The predicted octanol–water partition coefficient (Wildman–Crippen LogP) is 4.32. The molecule has 0 atom stereocenters. The van der Waals surface area contributed by atoms with E-state index < -0.39 is 0 Å². The molecule has 0 N–H and O–H groups in total. The standard InChI is InChI=1S/C25H29N5O/c1-4-17-13-20(18-9-11-30(12-10-18)25(31)19-5-6-19)7-8-22(17)29(3)24-14-23-21(15-26-24)27-16-28(23)2/h7-9,13-16,19H,4-6,10-12H2,1-3H3. The first-order chi connectivity index (χ1) is 15.0. The molecule has 0 unspecified atom stereocenters. The van der Waals surface area contributed by atoms with Crippen LogP contribution in [0.15, 0.2) is 42.9 Å². The van der Waals surface area contributed by atoms with E-state index in [0.29, 0.717) is 11.8 Å². The molecule has 0 spiro atoms. The van der Waals surface area contributed by atoms with E-state index in [0.717, 1.165) is 55.6 Å². The van der Waals surface area contributed by atoms with E-state index in [-0.39, 0.29) is 0 Å². The number of benzene rings is 1. The maximum absolute atomic E-state index is 12.3. The Morgan fingerprint density at radius 2 is 2.06 bits per heavy atom. The molecule has 160 valence electrons. The Balaban J connectivity index is 1.39. The zero-order chi connectivity index (χ0) is 21.5. The molecule has 0 saturated heterocycles. The summed E-state index contributed by atoms with van der Waals surface area (Å²) in [5.74, 6) is 1.56. The van der Waals surface area contributed by atoms with Crippen LogP contribution in [-0.2, 0) is 18.3 Å². The van der Waals surface area contributed by atoms with Crippen molar-refractivity contribution in [1.29, 1.82) is 0 Å². The number of rotatable bonds is 5. The first-order valence-corrected chi connectivity index (χ1v) is 11.2. The fraction of sp³-hybridized carbons (Fsp3) is 0.400. The molecular weight excluding hydrogens is 386 g/mol. The van der Waals surface area contributed by atoms with Gasteiger partial charge in [-0.05, 0) is 54.5 Å². The summed E-state index contributed by atoms with van der Waals surface area (Å²) < 4.78 is 2.02. The van der Waals surface area contributed by atoms with E-state index in [2.05, 4.69) is 59.2 Å². The third-order valence-corrected chi connectivity index (χ3v) is 6.58. The van der Waals surface area contributed by atoms with Gasteiger partial charge in [0.05, 0.1) is 18.0 Å². The number of carbonyl (C=O) groups excluding carboxylic acids is 1. The number of imidazole rings is 1. The number of hydrogen-bond acceptors (Lipinski definition) is 4. The molecule has 1 aliphatic heterocycles. The highest BCUT2D eigenvalue weighted by Crippen LogP contribution is 2.34. The maximum atomic E-state index is 12.3. The quantitative estimate of drug-likeness (QED) is 0.623. The van der Waals surface area contributed by atoms with Crippen molar-refractivity contribution in [1.82, 2.24) is 19.4 Å². The Kier molecular flexibility index (Phi) is 5.00. The first-order valence-electron chi connectivity index (χ1n) is 11.2. The van der Waals surface area contributed by atoms with E-state index >= 15 is 0 Å². The van der Waals surface area contributed by atoms with Crippen molar-refractivity contribution < 1.29 is 4.79 Å². The van der Waals surface area contributed by atoms with Crippen LogP contribution in [0, 0.1) is 5.92 Å². The molecule has 0 radical (unpaired) electrons. The molecule has 0 bridgehead atoms. The minimum atomic E-state index is 0.302. The highest BCUT2D eigenvalue weighted by molar-refractivity contribution is 5.83. The Labute approximate surface area is 183 Å². The van der Waals surface area contributed by atoms with Crippen LogP contribution in [0.4, 0.5) is 11.5 Å². The van der Waals surface area contributed by atoms with Crippen LogP contribution < -0.4 is 4.90 Å². The molecule has 6 heteroatoms. The third kappa shape index (κ3) is 3.71. The van der Waals surface area contributed by atoms with E-state index in [1.165, 1.54) is 22.4 Å². The topological polar surface area (TPSA) is 54.3 Å². The van der Waals surface area contributed by atoms with Gasteiger partial charge < -0.3 is 14.4 Å². The fourth-order valence-electron chi connectivity index (χ4n) is 4.44.